The lowest BCUT2D eigenvalue weighted by atomic mass is 10.1. The molecule has 0 radical (unpaired) electrons. The van der Waals surface area contributed by atoms with E-state index in [4.69, 9.17) is 4.42 Å². The van der Waals surface area contributed by atoms with Crippen molar-refractivity contribution in [3.8, 4) is 11.3 Å². The SMILES string of the molecule is CCC(=O)Nc1ccc(-c2ccc(C=O)o2)c(C)c1. The minimum Gasteiger partial charge on any atom is -0.453 e. The number of hydrogen-bond acceptors (Lipinski definition) is 3. The molecule has 0 spiro atoms. The lowest BCUT2D eigenvalue weighted by Gasteiger charge is -2.07. The highest BCUT2D eigenvalue weighted by atomic mass is 16.3. The molecular weight excluding hydrogens is 242 g/mol. The van der Waals surface area contributed by atoms with Crippen LogP contribution < -0.4 is 5.32 Å². The Hall–Kier alpha value is -2.36. The first-order valence-electron chi connectivity index (χ1n) is 6.10. The average Bonchev–Trinajstić information content (AvgIpc) is 2.87. The third kappa shape index (κ3) is 2.91. The molecule has 0 aliphatic rings. The second kappa shape index (κ2) is 5.52. The highest BCUT2D eigenvalue weighted by Crippen LogP contribution is 2.27. The fourth-order valence-electron chi connectivity index (χ4n) is 1.83. The Morgan fingerprint density at radius 2 is 2.11 bits per heavy atom. The molecule has 4 nitrogen and oxygen atoms in total. The largest absolute Gasteiger partial charge is 0.453 e. The maximum Gasteiger partial charge on any atom is 0.224 e. The number of furan rings is 1. The number of hydrogen-bond donors (Lipinski definition) is 1. The molecule has 98 valence electrons. The number of anilines is 1. The minimum absolute atomic E-state index is 0.0200. The molecule has 2 rings (SSSR count). The van der Waals surface area contributed by atoms with Gasteiger partial charge in [0.15, 0.2) is 12.0 Å². The summed E-state index contributed by atoms with van der Waals surface area (Å²) in [7, 11) is 0. The van der Waals surface area contributed by atoms with Gasteiger partial charge >= 0.3 is 0 Å². The molecule has 0 fully saturated rings. The third-order valence-corrected chi connectivity index (χ3v) is 2.84. The van der Waals surface area contributed by atoms with Crippen molar-refractivity contribution in [2.45, 2.75) is 20.3 Å². The highest BCUT2D eigenvalue weighted by Gasteiger charge is 2.08. The number of carbonyl (C=O) groups is 2. The Labute approximate surface area is 111 Å². The van der Waals surface area contributed by atoms with E-state index in [1.807, 2.05) is 25.1 Å². The Morgan fingerprint density at radius 3 is 2.68 bits per heavy atom. The van der Waals surface area contributed by atoms with Gasteiger partial charge in [-0.1, -0.05) is 6.92 Å². The lowest BCUT2D eigenvalue weighted by Crippen LogP contribution is -2.09. The number of benzene rings is 1. The first-order valence-corrected chi connectivity index (χ1v) is 6.10. The second-order valence-corrected chi connectivity index (χ2v) is 4.25. The smallest absolute Gasteiger partial charge is 0.224 e. The highest BCUT2D eigenvalue weighted by molar-refractivity contribution is 5.91. The van der Waals surface area contributed by atoms with E-state index in [1.165, 1.54) is 0 Å². The molecule has 1 aromatic heterocycles. The van der Waals surface area contributed by atoms with Crippen LogP contribution in [0.3, 0.4) is 0 Å². The molecule has 0 unspecified atom stereocenters. The Balaban J connectivity index is 2.28. The van der Waals surface area contributed by atoms with E-state index in [0.717, 1.165) is 16.8 Å². The Bertz CT molecular complexity index is 614. The summed E-state index contributed by atoms with van der Waals surface area (Å²) >= 11 is 0. The fourth-order valence-corrected chi connectivity index (χ4v) is 1.83. The quantitative estimate of drug-likeness (QED) is 0.854. The summed E-state index contributed by atoms with van der Waals surface area (Å²) in [6.07, 6.45) is 1.12. The Kier molecular flexibility index (Phi) is 3.80. The van der Waals surface area contributed by atoms with Gasteiger partial charge in [-0.3, -0.25) is 9.59 Å². The van der Waals surface area contributed by atoms with Gasteiger partial charge in [0, 0.05) is 17.7 Å². The third-order valence-electron chi connectivity index (χ3n) is 2.84. The van der Waals surface area contributed by atoms with E-state index < -0.39 is 0 Å². The topological polar surface area (TPSA) is 59.3 Å². The van der Waals surface area contributed by atoms with Crippen LogP contribution in [0.4, 0.5) is 5.69 Å². The van der Waals surface area contributed by atoms with E-state index in [2.05, 4.69) is 5.32 Å². The number of rotatable bonds is 4. The zero-order chi connectivity index (χ0) is 13.8. The van der Waals surface area contributed by atoms with Crippen LogP contribution >= 0.6 is 0 Å². The first kappa shape index (κ1) is 13.1. The first-order chi connectivity index (χ1) is 9.13. The van der Waals surface area contributed by atoms with Crippen LogP contribution in [0.15, 0.2) is 34.7 Å². The molecule has 0 aliphatic heterocycles. The monoisotopic (exact) mass is 257 g/mol. The van der Waals surface area contributed by atoms with Crippen molar-refractivity contribution >= 4 is 17.9 Å². The van der Waals surface area contributed by atoms with Crippen molar-refractivity contribution in [3.05, 3.63) is 41.7 Å². The van der Waals surface area contributed by atoms with E-state index >= 15 is 0 Å². The van der Waals surface area contributed by atoms with Gasteiger partial charge in [0.2, 0.25) is 5.91 Å². The molecule has 4 heteroatoms. The summed E-state index contributed by atoms with van der Waals surface area (Å²) in [5.74, 6) is 0.930. The van der Waals surface area contributed by atoms with Crippen molar-refractivity contribution in [1.82, 2.24) is 0 Å². The van der Waals surface area contributed by atoms with Gasteiger partial charge in [0.1, 0.15) is 5.76 Å². The van der Waals surface area contributed by atoms with Gasteiger partial charge < -0.3 is 9.73 Å². The molecule has 0 bridgehead atoms. The normalized spacial score (nSPS) is 10.2. The van der Waals surface area contributed by atoms with Gasteiger partial charge in [-0.15, -0.1) is 0 Å². The van der Waals surface area contributed by atoms with Crippen molar-refractivity contribution in [2.75, 3.05) is 5.32 Å². The molecule has 2 aromatic rings. The maximum atomic E-state index is 11.3. The predicted octanol–water partition coefficient (Wildman–Crippen LogP) is 3.42. The number of amides is 1. The standard InChI is InChI=1S/C15H15NO3/c1-3-15(18)16-11-4-6-13(10(2)8-11)14-7-5-12(9-17)19-14/h4-9H,3H2,1-2H3,(H,16,18). The summed E-state index contributed by atoms with van der Waals surface area (Å²) in [6, 6.07) is 8.96. The van der Waals surface area contributed by atoms with E-state index in [1.54, 1.807) is 19.1 Å². The van der Waals surface area contributed by atoms with Crippen molar-refractivity contribution < 1.29 is 14.0 Å². The maximum absolute atomic E-state index is 11.3. The minimum atomic E-state index is -0.0200. The molecule has 0 saturated carbocycles. The lowest BCUT2D eigenvalue weighted by molar-refractivity contribution is -0.115. The van der Waals surface area contributed by atoms with Crippen LogP contribution in [0, 0.1) is 6.92 Å². The summed E-state index contributed by atoms with van der Waals surface area (Å²) in [5.41, 5.74) is 2.64. The number of carbonyl (C=O) groups excluding carboxylic acids is 2. The molecule has 1 amide bonds. The van der Waals surface area contributed by atoms with Crippen LogP contribution in [0.1, 0.15) is 29.5 Å². The molecule has 1 aromatic carbocycles. The van der Waals surface area contributed by atoms with Gasteiger partial charge in [-0.2, -0.15) is 0 Å². The summed E-state index contributed by atoms with van der Waals surface area (Å²) in [5, 5.41) is 2.80. The van der Waals surface area contributed by atoms with Gasteiger partial charge in [0.05, 0.1) is 0 Å². The molecule has 0 atom stereocenters. The van der Waals surface area contributed by atoms with E-state index in [9.17, 15) is 9.59 Å². The summed E-state index contributed by atoms with van der Waals surface area (Å²) in [6.45, 7) is 3.74. The van der Waals surface area contributed by atoms with E-state index in [-0.39, 0.29) is 5.91 Å². The van der Waals surface area contributed by atoms with E-state index in [0.29, 0.717) is 24.2 Å². The Morgan fingerprint density at radius 1 is 1.32 bits per heavy atom. The predicted molar refractivity (Wildman–Crippen MR) is 73.2 cm³/mol. The average molecular weight is 257 g/mol. The second-order valence-electron chi connectivity index (χ2n) is 4.25. The molecule has 19 heavy (non-hydrogen) atoms. The van der Waals surface area contributed by atoms with Crippen LogP contribution in [0.5, 0.6) is 0 Å². The molecule has 1 N–H and O–H groups in total. The van der Waals surface area contributed by atoms with Gasteiger partial charge in [-0.25, -0.2) is 0 Å². The van der Waals surface area contributed by atoms with Crippen molar-refractivity contribution in [2.24, 2.45) is 0 Å². The van der Waals surface area contributed by atoms with Crippen molar-refractivity contribution in [3.63, 3.8) is 0 Å². The van der Waals surface area contributed by atoms with Crippen molar-refractivity contribution in [1.29, 1.82) is 0 Å². The zero-order valence-corrected chi connectivity index (χ0v) is 10.9. The van der Waals surface area contributed by atoms with Crippen LogP contribution in [0.25, 0.3) is 11.3 Å². The van der Waals surface area contributed by atoms with Gasteiger partial charge in [0.25, 0.3) is 0 Å². The molecule has 1 heterocycles. The van der Waals surface area contributed by atoms with Crippen LogP contribution in [0.2, 0.25) is 0 Å². The number of aldehydes is 1. The van der Waals surface area contributed by atoms with Crippen LogP contribution in [-0.4, -0.2) is 12.2 Å². The van der Waals surface area contributed by atoms with Crippen LogP contribution in [-0.2, 0) is 4.79 Å². The molecule has 0 saturated heterocycles. The molecule has 0 aliphatic carbocycles. The van der Waals surface area contributed by atoms with Gasteiger partial charge in [-0.05, 0) is 42.8 Å². The summed E-state index contributed by atoms with van der Waals surface area (Å²) in [4.78, 5) is 21.9. The molecular formula is C15H15NO3. The number of nitrogens with one attached hydrogen (secondary N) is 1. The zero-order valence-electron chi connectivity index (χ0n) is 10.9. The number of aryl methyl sites for hydroxylation is 1. The fraction of sp³-hybridized carbons (Fsp3) is 0.200. The summed E-state index contributed by atoms with van der Waals surface area (Å²) < 4.78 is 5.39.